The van der Waals surface area contributed by atoms with E-state index in [1.54, 1.807) is 0 Å². The highest BCUT2D eigenvalue weighted by Gasteiger charge is 2.36. The van der Waals surface area contributed by atoms with E-state index in [4.69, 9.17) is 23.3 Å². The van der Waals surface area contributed by atoms with Crippen LogP contribution in [0.1, 0.15) is 219 Å². The summed E-state index contributed by atoms with van der Waals surface area (Å²) in [6.45, 7) is 4.19. The molecule has 0 saturated carbocycles. The fourth-order valence-corrected chi connectivity index (χ4v) is 8.03. The van der Waals surface area contributed by atoms with Gasteiger partial charge in [-0.2, -0.15) is 0 Å². The molecule has 61 heavy (non-hydrogen) atoms. The van der Waals surface area contributed by atoms with Gasteiger partial charge in [-0.25, -0.2) is 0 Å². The van der Waals surface area contributed by atoms with E-state index >= 15 is 0 Å². The van der Waals surface area contributed by atoms with Crippen molar-refractivity contribution in [3.63, 3.8) is 0 Å². The van der Waals surface area contributed by atoms with Gasteiger partial charge in [-0.3, -0.25) is 14.2 Å². The van der Waals surface area contributed by atoms with Gasteiger partial charge in [0, 0.05) is 12.8 Å². The van der Waals surface area contributed by atoms with Gasteiger partial charge in [-0.05, 0) is 64.2 Å². The van der Waals surface area contributed by atoms with Crippen LogP contribution in [0, 0.1) is 0 Å². The van der Waals surface area contributed by atoms with Crippen molar-refractivity contribution < 1.29 is 46.8 Å². The molecule has 3 unspecified atom stereocenters. The normalized spacial score (nSPS) is 17.0. The summed E-state index contributed by atoms with van der Waals surface area (Å²) in [4.78, 5) is 37.7. The molecule has 1 aliphatic heterocycles. The Labute approximate surface area is 374 Å². The number of allylic oxidation sites excluding steroid dienone is 3. The fourth-order valence-electron chi connectivity index (χ4n) is 7.30. The summed E-state index contributed by atoms with van der Waals surface area (Å²) >= 11 is 0. The van der Waals surface area contributed by atoms with E-state index in [1.165, 1.54) is 116 Å². The van der Waals surface area contributed by atoms with Crippen molar-refractivity contribution in [3.05, 3.63) is 24.3 Å². The zero-order chi connectivity index (χ0) is 44.7. The first-order valence-corrected chi connectivity index (χ1v) is 26.6. The van der Waals surface area contributed by atoms with Crippen molar-refractivity contribution in [3.8, 4) is 0 Å². The monoisotopic (exact) mass is 884 g/mol. The van der Waals surface area contributed by atoms with Crippen LogP contribution < -0.4 is 4.89 Å². The minimum absolute atomic E-state index is 0.0348. The zero-order valence-corrected chi connectivity index (χ0v) is 41.0. The first-order chi connectivity index (χ1) is 29.5. The maximum Gasteiger partial charge on any atom is 0.306 e. The molecule has 0 spiro atoms. The molecular weight excluding hydrogens is 790 g/mol. The fraction of sp³-hybridized carbons (Fsp3) is 0.880. The molecule has 10 nitrogen and oxygen atoms in total. The molecule has 0 radical (unpaired) electrons. The molecule has 1 saturated heterocycles. The van der Waals surface area contributed by atoms with E-state index in [9.17, 15) is 19.0 Å². The van der Waals surface area contributed by atoms with Crippen molar-refractivity contribution >= 4 is 19.8 Å². The number of hydrogen-bond acceptors (Lipinski definition) is 9. The number of unbranched alkanes of at least 4 members (excludes halogenated alkanes) is 24. The van der Waals surface area contributed by atoms with E-state index in [2.05, 4.69) is 38.2 Å². The Morgan fingerprint density at radius 1 is 0.590 bits per heavy atom. The van der Waals surface area contributed by atoms with Crippen molar-refractivity contribution in [1.82, 2.24) is 0 Å². The van der Waals surface area contributed by atoms with Crippen LogP contribution in [0.4, 0.5) is 0 Å². The SMILES string of the molecule is CCCCC/C=C\CC1OC1CCCCCCCC(=O)OC[C@H](COP(=O)([O-])OCC[N+](C)(C)C)OC(=O)CCCCCCCCCCCCC/C=C\CCCCCCCC. The number of rotatable bonds is 45. The molecule has 4 atom stereocenters. The average molecular weight is 884 g/mol. The van der Waals surface area contributed by atoms with E-state index in [1.807, 2.05) is 21.1 Å². The first-order valence-electron chi connectivity index (χ1n) is 25.2. The predicted molar refractivity (Wildman–Crippen MR) is 249 cm³/mol. The van der Waals surface area contributed by atoms with Gasteiger partial charge in [0.2, 0.25) is 0 Å². The molecule has 0 aromatic heterocycles. The molecule has 11 heteroatoms. The van der Waals surface area contributed by atoms with Gasteiger partial charge >= 0.3 is 11.9 Å². The third-order valence-electron chi connectivity index (χ3n) is 11.4. The van der Waals surface area contributed by atoms with Gasteiger partial charge in [0.25, 0.3) is 7.82 Å². The number of quaternary nitrogens is 1. The number of carbonyl (C=O) groups excluding carboxylic acids is 2. The van der Waals surface area contributed by atoms with E-state index in [0.717, 1.165) is 64.2 Å². The summed E-state index contributed by atoms with van der Waals surface area (Å²) in [6.07, 6.45) is 45.1. The van der Waals surface area contributed by atoms with Crippen LogP contribution >= 0.6 is 7.82 Å². The lowest BCUT2D eigenvalue weighted by molar-refractivity contribution is -0.870. The molecule has 0 aliphatic carbocycles. The van der Waals surface area contributed by atoms with Crippen LogP contribution in [0.2, 0.25) is 0 Å². The van der Waals surface area contributed by atoms with Gasteiger partial charge in [0.15, 0.2) is 6.10 Å². The van der Waals surface area contributed by atoms with Crippen LogP contribution in [-0.4, -0.2) is 82.2 Å². The largest absolute Gasteiger partial charge is 0.756 e. The second-order valence-electron chi connectivity index (χ2n) is 18.6. The number of epoxide rings is 1. The van der Waals surface area contributed by atoms with Gasteiger partial charge in [0.1, 0.15) is 19.8 Å². The standard InChI is InChI=1S/C50H94NO9P/c1-6-8-10-12-14-15-16-17-18-19-20-21-22-23-24-25-26-27-28-32-37-41-50(53)59-46(45-58-61(54,55)57-43-42-51(3,4)5)44-56-49(52)40-36-33-29-31-35-39-48-47(60-48)38-34-30-13-11-9-7-2/h17-18,30,34,46-48H,6-16,19-29,31-33,35-45H2,1-5H3/b18-17-,34-30-/t46-,47?,48?/m1/s1. The van der Waals surface area contributed by atoms with Crippen LogP contribution in [0.3, 0.4) is 0 Å². The first kappa shape index (κ1) is 57.5. The predicted octanol–water partition coefficient (Wildman–Crippen LogP) is 13.1. The summed E-state index contributed by atoms with van der Waals surface area (Å²) in [5.41, 5.74) is 0. The Hall–Kier alpha value is -1.55. The number of likely N-dealkylation sites (N-methyl/N-ethyl adjacent to an activating group) is 1. The smallest absolute Gasteiger partial charge is 0.306 e. The lowest BCUT2D eigenvalue weighted by atomic mass is 10.0. The molecular formula is C50H94NO9P. The van der Waals surface area contributed by atoms with Crippen LogP contribution in [-0.2, 0) is 37.4 Å². The van der Waals surface area contributed by atoms with Gasteiger partial charge in [-0.1, -0.05) is 167 Å². The number of ether oxygens (including phenoxy) is 3. The molecule has 0 bridgehead atoms. The number of esters is 2. The van der Waals surface area contributed by atoms with Crippen LogP contribution in [0.25, 0.3) is 0 Å². The maximum absolute atomic E-state index is 12.7. The maximum atomic E-state index is 12.7. The Morgan fingerprint density at radius 3 is 1.61 bits per heavy atom. The molecule has 1 heterocycles. The van der Waals surface area contributed by atoms with Crippen molar-refractivity contribution in [2.45, 2.75) is 238 Å². The second kappa shape index (κ2) is 38.9. The summed E-state index contributed by atoms with van der Waals surface area (Å²) in [5, 5.41) is 0. The molecule has 1 aliphatic rings. The molecule has 1 fully saturated rings. The molecule has 0 N–H and O–H groups in total. The number of phosphoric acid groups is 1. The topological polar surface area (TPSA) is 124 Å². The van der Waals surface area contributed by atoms with Crippen molar-refractivity contribution in [1.29, 1.82) is 0 Å². The number of phosphoric ester groups is 1. The molecule has 0 aromatic carbocycles. The quantitative estimate of drug-likeness (QED) is 0.0147. The van der Waals surface area contributed by atoms with Gasteiger partial charge in [0.05, 0.1) is 40.0 Å². The van der Waals surface area contributed by atoms with Gasteiger partial charge in [-0.15, -0.1) is 0 Å². The third kappa shape index (κ3) is 39.8. The number of carbonyl (C=O) groups is 2. The Kier molecular flexibility index (Phi) is 36.6. The summed E-state index contributed by atoms with van der Waals surface area (Å²) < 4.78 is 39.9. The average Bonchev–Trinajstić information content (AvgIpc) is 3.97. The lowest BCUT2D eigenvalue weighted by Gasteiger charge is -2.28. The lowest BCUT2D eigenvalue weighted by Crippen LogP contribution is -2.37. The number of nitrogens with zero attached hydrogens (tertiary/aromatic N) is 1. The van der Waals surface area contributed by atoms with Crippen molar-refractivity contribution in [2.24, 2.45) is 0 Å². The molecule has 358 valence electrons. The van der Waals surface area contributed by atoms with Crippen molar-refractivity contribution in [2.75, 3.05) is 47.5 Å². The molecule has 0 aromatic rings. The van der Waals surface area contributed by atoms with E-state index in [0.29, 0.717) is 36.1 Å². The summed E-state index contributed by atoms with van der Waals surface area (Å²) in [7, 11) is 1.15. The van der Waals surface area contributed by atoms with Crippen LogP contribution in [0.5, 0.6) is 0 Å². The minimum Gasteiger partial charge on any atom is -0.756 e. The Balaban J connectivity index is 2.21. The van der Waals surface area contributed by atoms with E-state index < -0.39 is 32.5 Å². The Morgan fingerprint density at radius 2 is 1.05 bits per heavy atom. The number of hydrogen-bond donors (Lipinski definition) is 0. The minimum atomic E-state index is -4.64. The summed E-state index contributed by atoms with van der Waals surface area (Å²) in [5.74, 6) is -0.851. The third-order valence-corrected chi connectivity index (χ3v) is 12.3. The molecule has 0 amide bonds. The highest BCUT2D eigenvalue weighted by Crippen LogP contribution is 2.38. The highest BCUT2D eigenvalue weighted by molar-refractivity contribution is 7.45. The van der Waals surface area contributed by atoms with Gasteiger partial charge < -0.3 is 32.6 Å². The Bertz CT molecular complexity index is 1160. The zero-order valence-electron chi connectivity index (χ0n) is 40.1. The molecule has 1 rings (SSSR count). The highest BCUT2D eigenvalue weighted by atomic mass is 31.2. The second-order valence-corrected chi connectivity index (χ2v) is 20.0. The van der Waals surface area contributed by atoms with E-state index in [-0.39, 0.29) is 26.1 Å². The summed E-state index contributed by atoms with van der Waals surface area (Å²) in [6, 6.07) is 0. The van der Waals surface area contributed by atoms with Crippen LogP contribution in [0.15, 0.2) is 24.3 Å².